The lowest BCUT2D eigenvalue weighted by atomic mass is 10.2. The van der Waals surface area contributed by atoms with Crippen molar-refractivity contribution in [1.29, 1.82) is 0 Å². The van der Waals surface area contributed by atoms with Gasteiger partial charge in [0, 0.05) is 36.6 Å². The van der Waals surface area contributed by atoms with Crippen LogP contribution in [0.1, 0.15) is 0 Å². The highest BCUT2D eigenvalue weighted by molar-refractivity contribution is 5.61. The van der Waals surface area contributed by atoms with Crippen molar-refractivity contribution in [1.82, 2.24) is 0 Å². The monoisotopic (exact) mass is 224 g/mol. The summed E-state index contributed by atoms with van der Waals surface area (Å²) in [4.78, 5) is 1.88. The summed E-state index contributed by atoms with van der Waals surface area (Å²) >= 11 is 0. The van der Waals surface area contributed by atoms with Crippen LogP contribution in [-0.4, -0.2) is 42.6 Å². The smallest absolute Gasteiger partial charge is 0.122 e. The highest BCUT2D eigenvalue weighted by Gasteiger charge is 2.29. The van der Waals surface area contributed by atoms with E-state index in [9.17, 15) is 10.2 Å². The molecule has 1 aliphatic rings. The molecule has 0 aliphatic carbocycles. The molecule has 5 heteroatoms. The molecule has 0 saturated carbocycles. The molecule has 0 spiro atoms. The summed E-state index contributed by atoms with van der Waals surface area (Å²) in [6.45, 7) is 0.821. The minimum absolute atomic E-state index is 0.410. The lowest BCUT2D eigenvalue weighted by molar-refractivity contribution is 0.0572. The quantitative estimate of drug-likeness (QED) is 0.607. The van der Waals surface area contributed by atoms with Gasteiger partial charge >= 0.3 is 0 Å². The second kappa shape index (κ2) is 4.19. The van der Waals surface area contributed by atoms with Gasteiger partial charge in [-0.1, -0.05) is 0 Å². The molecular weight excluding hydrogens is 208 g/mol. The van der Waals surface area contributed by atoms with E-state index in [-0.39, 0.29) is 0 Å². The largest absolute Gasteiger partial charge is 0.497 e. The Bertz CT molecular complexity index is 373. The van der Waals surface area contributed by atoms with Crippen molar-refractivity contribution in [3.8, 4) is 5.75 Å². The third-order valence-corrected chi connectivity index (χ3v) is 2.77. The maximum Gasteiger partial charge on any atom is 0.122 e. The van der Waals surface area contributed by atoms with Crippen LogP contribution in [0, 0.1) is 0 Å². The van der Waals surface area contributed by atoms with Crippen molar-refractivity contribution >= 4 is 11.4 Å². The average molecular weight is 224 g/mol. The van der Waals surface area contributed by atoms with Crippen LogP contribution in [0.3, 0.4) is 0 Å². The first-order valence-corrected chi connectivity index (χ1v) is 5.16. The molecule has 0 amide bonds. The fraction of sp³-hybridized carbons (Fsp3) is 0.455. The summed E-state index contributed by atoms with van der Waals surface area (Å²) in [5.74, 6) is 0.672. The van der Waals surface area contributed by atoms with E-state index >= 15 is 0 Å². The molecular formula is C11H16N2O3. The van der Waals surface area contributed by atoms with Crippen LogP contribution < -0.4 is 15.4 Å². The van der Waals surface area contributed by atoms with Gasteiger partial charge in [0.15, 0.2) is 0 Å². The maximum atomic E-state index is 9.47. The molecule has 2 rings (SSSR count). The fourth-order valence-electron chi connectivity index (χ4n) is 1.89. The topological polar surface area (TPSA) is 79.0 Å². The minimum Gasteiger partial charge on any atom is -0.497 e. The third kappa shape index (κ3) is 2.05. The maximum absolute atomic E-state index is 9.47. The second-order valence-electron chi connectivity index (χ2n) is 4.00. The zero-order valence-electron chi connectivity index (χ0n) is 9.13. The number of hydrogen-bond acceptors (Lipinski definition) is 5. The van der Waals surface area contributed by atoms with Gasteiger partial charge in [-0.3, -0.25) is 0 Å². The molecule has 1 heterocycles. The van der Waals surface area contributed by atoms with Gasteiger partial charge < -0.3 is 25.6 Å². The normalized spacial score (nSPS) is 24.8. The average Bonchev–Trinajstić information content (AvgIpc) is 2.58. The second-order valence-corrected chi connectivity index (χ2v) is 4.00. The van der Waals surface area contributed by atoms with Gasteiger partial charge in [-0.25, -0.2) is 0 Å². The highest BCUT2D eigenvalue weighted by atomic mass is 16.5. The number of nitrogens with zero attached hydrogens (tertiary/aromatic N) is 1. The van der Waals surface area contributed by atoms with E-state index in [2.05, 4.69) is 0 Å². The number of benzene rings is 1. The number of ether oxygens (including phenoxy) is 1. The van der Waals surface area contributed by atoms with Gasteiger partial charge in [0.25, 0.3) is 0 Å². The van der Waals surface area contributed by atoms with Crippen LogP contribution in [0.15, 0.2) is 18.2 Å². The van der Waals surface area contributed by atoms with Crippen molar-refractivity contribution < 1.29 is 14.9 Å². The summed E-state index contributed by atoms with van der Waals surface area (Å²) in [5, 5.41) is 18.9. The summed E-state index contributed by atoms with van der Waals surface area (Å²) in [6.07, 6.45) is -1.40. The van der Waals surface area contributed by atoms with Crippen LogP contribution in [-0.2, 0) is 0 Å². The molecule has 0 radical (unpaired) electrons. The molecule has 4 N–H and O–H groups in total. The molecule has 0 bridgehead atoms. The predicted molar refractivity (Wildman–Crippen MR) is 61.6 cm³/mol. The number of nitrogens with two attached hydrogens (primary N) is 1. The Morgan fingerprint density at radius 2 is 1.88 bits per heavy atom. The van der Waals surface area contributed by atoms with Crippen molar-refractivity contribution in [2.24, 2.45) is 0 Å². The van der Waals surface area contributed by atoms with Crippen LogP contribution >= 0.6 is 0 Å². The van der Waals surface area contributed by atoms with E-state index in [0.29, 0.717) is 24.5 Å². The van der Waals surface area contributed by atoms with E-state index in [0.717, 1.165) is 5.69 Å². The Hall–Kier alpha value is -1.46. The van der Waals surface area contributed by atoms with Gasteiger partial charge in [-0.05, 0) is 6.07 Å². The van der Waals surface area contributed by atoms with Gasteiger partial charge in [0.05, 0.1) is 19.3 Å². The number of aliphatic hydroxyl groups excluding tert-OH is 2. The van der Waals surface area contributed by atoms with Crippen LogP contribution in [0.2, 0.25) is 0 Å². The number of rotatable bonds is 2. The molecule has 1 aromatic rings. The molecule has 0 aromatic heterocycles. The van der Waals surface area contributed by atoms with Gasteiger partial charge in [0.1, 0.15) is 5.75 Å². The number of anilines is 2. The first-order chi connectivity index (χ1) is 7.60. The number of β-amino-alcohol motifs (C(OH)–C–C–N with tert-alkyl or cyclic N) is 2. The van der Waals surface area contributed by atoms with E-state index < -0.39 is 12.2 Å². The standard InChI is InChI=1S/C11H16N2O3/c1-16-9-3-7(12)2-8(4-9)13-5-10(14)11(15)6-13/h2-4,10-11,14-15H,5-6,12H2,1H3. The molecule has 1 aliphatic heterocycles. The summed E-state index contributed by atoms with van der Waals surface area (Å²) in [7, 11) is 1.58. The van der Waals surface area contributed by atoms with Gasteiger partial charge in [-0.2, -0.15) is 0 Å². The van der Waals surface area contributed by atoms with Crippen molar-refractivity contribution in [2.45, 2.75) is 12.2 Å². The third-order valence-electron chi connectivity index (χ3n) is 2.77. The summed E-state index contributed by atoms with van der Waals surface area (Å²) in [5.41, 5.74) is 7.20. The van der Waals surface area contributed by atoms with E-state index in [4.69, 9.17) is 10.5 Å². The lowest BCUT2D eigenvalue weighted by Crippen LogP contribution is -2.22. The Morgan fingerprint density at radius 3 is 2.44 bits per heavy atom. The van der Waals surface area contributed by atoms with Crippen molar-refractivity contribution in [3.05, 3.63) is 18.2 Å². The Labute approximate surface area is 94.1 Å². The molecule has 5 nitrogen and oxygen atoms in total. The van der Waals surface area contributed by atoms with Gasteiger partial charge in [0.2, 0.25) is 0 Å². The number of methoxy groups -OCH3 is 1. The van der Waals surface area contributed by atoms with E-state index in [1.807, 2.05) is 11.0 Å². The minimum atomic E-state index is -0.701. The first-order valence-electron chi connectivity index (χ1n) is 5.16. The Balaban J connectivity index is 2.24. The van der Waals surface area contributed by atoms with E-state index in [1.54, 1.807) is 19.2 Å². The number of aliphatic hydroxyl groups is 2. The predicted octanol–water partition coefficient (Wildman–Crippen LogP) is -0.181. The fourth-order valence-corrected chi connectivity index (χ4v) is 1.89. The summed E-state index contributed by atoms with van der Waals surface area (Å²) < 4.78 is 5.12. The highest BCUT2D eigenvalue weighted by Crippen LogP contribution is 2.27. The first kappa shape index (κ1) is 11.0. The zero-order chi connectivity index (χ0) is 11.7. The molecule has 1 fully saturated rings. The number of hydrogen-bond donors (Lipinski definition) is 3. The van der Waals surface area contributed by atoms with Gasteiger partial charge in [-0.15, -0.1) is 0 Å². The molecule has 2 unspecified atom stereocenters. The number of nitrogen functional groups attached to an aromatic ring is 1. The Kier molecular flexibility index (Phi) is 2.89. The van der Waals surface area contributed by atoms with Crippen molar-refractivity contribution in [2.75, 3.05) is 30.8 Å². The molecule has 16 heavy (non-hydrogen) atoms. The SMILES string of the molecule is COc1cc(N)cc(N2CC(O)C(O)C2)c1. The molecule has 88 valence electrons. The molecule has 2 atom stereocenters. The van der Waals surface area contributed by atoms with Crippen LogP contribution in [0.4, 0.5) is 11.4 Å². The zero-order valence-corrected chi connectivity index (χ0v) is 9.13. The lowest BCUT2D eigenvalue weighted by Gasteiger charge is -2.18. The van der Waals surface area contributed by atoms with Crippen LogP contribution in [0.25, 0.3) is 0 Å². The van der Waals surface area contributed by atoms with Crippen LogP contribution in [0.5, 0.6) is 5.75 Å². The Morgan fingerprint density at radius 1 is 1.25 bits per heavy atom. The molecule has 1 aromatic carbocycles. The van der Waals surface area contributed by atoms with Crippen molar-refractivity contribution in [3.63, 3.8) is 0 Å². The molecule has 1 saturated heterocycles. The summed E-state index contributed by atoms with van der Waals surface area (Å²) in [6, 6.07) is 5.36. The van der Waals surface area contributed by atoms with E-state index in [1.165, 1.54) is 0 Å².